The van der Waals surface area contributed by atoms with Crippen LogP contribution in [0.25, 0.3) is 0 Å². The zero-order chi connectivity index (χ0) is 15.2. The molecule has 0 heterocycles. The van der Waals surface area contributed by atoms with Crippen molar-refractivity contribution >= 4 is 21.9 Å². The van der Waals surface area contributed by atoms with Crippen LogP contribution in [0.4, 0.5) is 0 Å². The minimum atomic E-state index is -0.287. The highest BCUT2D eigenvalue weighted by Gasteiger charge is 2.28. The molecule has 1 N–H and O–H groups in total. The van der Waals surface area contributed by atoms with Crippen molar-refractivity contribution in [2.75, 3.05) is 13.7 Å². The Morgan fingerprint density at radius 3 is 2.67 bits per heavy atom. The third-order valence-corrected chi connectivity index (χ3v) is 4.09. The summed E-state index contributed by atoms with van der Waals surface area (Å²) in [6.07, 6.45) is 2.63. The number of methoxy groups -OCH3 is 1. The number of aliphatic hydroxyl groups excluding tert-OH is 1. The molecule has 0 spiro atoms. The van der Waals surface area contributed by atoms with Crippen LogP contribution >= 0.6 is 15.9 Å². The van der Waals surface area contributed by atoms with Crippen molar-refractivity contribution < 1.29 is 19.4 Å². The van der Waals surface area contributed by atoms with Crippen LogP contribution in [0, 0.1) is 0 Å². The van der Waals surface area contributed by atoms with E-state index >= 15 is 0 Å². The molecule has 0 aliphatic heterocycles. The van der Waals surface area contributed by atoms with E-state index in [4.69, 9.17) is 9.47 Å². The van der Waals surface area contributed by atoms with Gasteiger partial charge in [0.2, 0.25) is 0 Å². The Morgan fingerprint density at radius 2 is 2.05 bits per heavy atom. The highest BCUT2D eigenvalue weighted by molar-refractivity contribution is 9.10. The normalized spacial score (nSPS) is 16.0. The number of carbonyl (C=O) groups is 1. The molecule has 2 rings (SSSR count). The Hall–Kier alpha value is -1.33. The molecule has 0 amide bonds. The maximum absolute atomic E-state index is 11.8. The van der Waals surface area contributed by atoms with E-state index in [-0.39, 0.29) is 18.7 Å². The number of hydrogen-bond donors (Lipinski definition) is 1. The van der Waals surface area contributed by atoms with Gasteiger partial charge >= 0.3 is 5.97 Å². The van der Waals surface area contributed by atoms with E-state index in [0.717, 1.165) is 28.6 Å². The average Bonchev–Trinajstić information content (AvgIpc) is 2.97. The molecule has 1 aliphatic rings. The first-order valence-electron chi connectivity index (χ1n) is 6.99. The van der Waals surface area contributed by atoms with Gasteiger partial charge in [-0.2, -0.15) is 0 Å². The minimum absolute atomic E-state index is 0.0130. The number of ether oxygens (including phenoxy) is 2. The number of rotatable bonds is 6. The van der Waals surface area contributed by atoms with Crippen molar-refractivity contribution in [1.29, 1.82) is 0 Å². The first-order chi connectivity index (χ1) is 10.2. The molecular formula is C16H19BrO4. The fourth-order valence-corrected chi connectivity index (χ4v) is 2.84. The van der Waals surface area contributed by atoms with E-state index in [9.17, 15) is 9.90 Å². The Bertz CT molecular complexity index is 522. The Balaban J connectivity index is 2.21. The lowest BCUT2D eigenvalue weighted by Gasteiger charge is -2.21. The van der Waals surface area contributed by atoms with Crippen molar-refractivity contribution in [2.45, 2.75) is 31.8 Å². The topological polar surface area (TPSA) is 55.8 Å². The number of halogens is 1. The van der Waals surface area contributed by atoms with Gasteiger partial charge < -0.3 is 14.6 Å². The van der Waals surface area contributed by atoms with Gasteiger partial charge in [-0.3, -0.25) is 0 Å². The van der Waals surface area contributed by atoms with Crippen molar-refractivity contribution in [2.24, 2.45) is 0 Å². The molecule has 0 fully saturated rings. The highest BCUT2D eigenvalue weighted by Crippen LogP contribution is 2.32. The van der Waals surface area contributed by atoms with Crippen LogP contribution in [0.5, 0.6) is 5.75 Å². The summed E-state index contributed by atoms with van der Waals surface area (Å²) in [6, 6.07) is 7.52. The number of aliphatic hydroxyl groups is 1. The van der Waals surface area contributed by atoms with Gasteiger partial charge in [-0.05, 0) is 49.1 Å². The quantitative estimate of drug-likeness (QED) is 0.796. The predicted molar refractivity (Wildman–Crippen MR) is 83.2 cm³/mol. The first kappa shape index (κ1) is 16.0. The number of benzene rings is 1. The summed E-state index contributed by atoms with van der Waals surface area (Å²) < 4.78 is 11.8. The maximum Gasteiger partial charge on any atom is 0.333 e. The van der Waals surface area contributed by atoms with E-state index in [1.54, 1.807) is 0 Å². The summed E-state index contributed by atoms with van der Waals surface area (Å²) in [7, 11) is 1.39. The molecule has 0 unspecified atom stereocenters. The van der Waals surface area contributed by atoms with Gasteiger partial charge in [-0.1, -0.05) is 15.9 Å². The van der Waals surface area contributed by atoms with Gasteiger partial charge in [-0.15, -0.1) is 0 Å². The summed E-state index contributed by atoms with van der Waals surface area (Å²) in [5.74, 6) is 0.435. The standard InChI is InChI=1S/C16H19BrO4/c1-20-16(19)14-4-2-3-13(14)15(9-10-18)21-12-7-5-11(17)6-8-12/h5-8,15,18H,2-4,9-10H2,1H3/t15-/m0/s1. The fraction of sp³-hybridized carbons (Fsp3) is 0.438. The molecule has 1 atom stereocenters. The first-order valence-corrected chi connectivity index (χ1v) is 7.78. The second kappa shape index (κ2) is 7.61. The highest BCUT2D eigenvalue weighted by atomic mass is 79.9. The molecule has 1 aromatic rings. The molecule has 0 radical (unpaired) electrons. The maximum atomic E-state index is 11.8. The van der Waals surface area contributed by atoms with Crippen molar-refractivity contribution in [3.8, 4) is 5.75 Å². The number of carbonyl (C=O) groups excluding carboxylic acids is 1. The van der Waals surface area contributed by atoms with Crippen LogP contribution in [0.3, 0.4) is 0 Å². The van der Waals surface area contributed by atoms with Crippen LogP contribution in [0.2, 0.25) is 0 Å². The monoisotopic (exact) mass is 354 g/mol. The smallest absolute Gasteiger partial charge is 0.333 e. The van der Waals surface area contributed by atoms with Crippen LogP contribution in [0.1, 0.15) is 25.7 Å². The van der Waals surface area contributed by atoms with Crippen molar-refractivity contribution in [3.05, 3.63) is 39.9 Å². The number of hydrogen-bond acceptors (Lipinski definition) is 4. The summed E-state index contributed by atoms with van der Waals surface area (Å²) in [6.45, 7) is 0.0130. The molecule has 0 saturated heterocycles. The Labute approximate surface area is 132 Å². The zero-order valence-electron chi connectivity index (χ0n) is 12.0. The van der Waals surface area contributed by atoms with Crippen molar-refractivity contribution in [1.82, 2.24) is 0 Å². The third-order valence-electron chi connectivity index (χ3n) is 3.56. The van der Waals surface area contributed by atoms with Gasteiger partial charge in [0.05, 0.1) is 7.11 Å². The van der Waals surface area contributed by atoms with E-state index in [0.29, 0.717) is 18.4 Å². The van der Waals surface area contributed by atoms with E-state index in [1.165, 1.54) is 7.11 Å². The summed E-state index contributed by atoms with van der Waals surface area (Å²) in [4.78, 5) is 11.8. The Morgan fingerprint density at radius 1 is 1.33 bits per heavy atom. The van der Waals surface area contributed by atoms with Crippen LogP contribution in [-0.2, 0) is 9.53 Å². The van der Waals surface area contributed by atoms with E-state index in [2.05, 4.69) is 15.9 Å². The summed E-state index contributed by atoms with van der Waals surface area (Å²) in [5.41, 5.74) is 1.66. The molecule has 1 aliphatic carbocycles. The SMILES string of the molecule is COC(=O)C1=C([C@H](CCO)Oc2ccc(Br)cc2)CCC1. The Kier molecular flexibility index (Phi) is 5.82. The molecule has 1 aromatic carbocycles. The second-order valence-electron chi connectivity index (χ2n) is 4.92. The summed E-state index contributed by atoms with van der Waals surface area (Å²) in [5, 5.41) is 9.27. The predicted octanol–water partition coefficient (Wildman–Crippen LogP) is 3.23. The van der Waals surface area contributed by atoms with Crippen molar-refractivity contribution in [3.63, 3.8) is 0 Å². The fourth-order valence-electron chi connectivity index (χ4n) is 2.58. The van der Waals surface area contributed by atoms with Gasteiger partial charge in [0, 0.05) is 23.1 Å². The third kappa shape index (κ3) is 4.08. The molecule has 114 valence electrons. The molecular weight excluding hydrogens is 336 g/mol. The second-order valence-corrected chi connectivity index (χ2v) is 5.84. The number of esters is 1. The largest absolute Gasteiger partial charge is 0.486 e. The molecule has 0 aromatic heterocycles. The van der Waals surface area contributed by atoms with Crippen LogP contribution < -0.4 is 4.74 Å². The molecule has 0 bridgehead atoms. The molecule has 4 nitrogen and oxygen atoms in total. The van der Waals surface area contributed by atoms with E-state index < -0.39 is 0 Å². The van der Waals surface area contributed by atoms with Gasteiger partial charge in [0.1, 0.15) is 11.9 Å². The van der Waals surface area contributed by atoms with Crippen LogP contribution in [0.15, 0.2) is 39.9 Å². The summed E-state index contributed by atoms with van der Waals surface area (Å²) >= 11 is 3.38. The zero-order valence-corrected chi connectivity index (χ0v) is 13.6. The van der Waals surface area contributed by atoms with E-state index in [1.807, 2.05) is 24.3 Å². The molecule has 21 heavy (non-hydrogen) atoms. The average molecular weight is 355 g/mol. The molecule has 5 heteroatoms. The lowest BCUT2D eigenvalue weighted by molar-refractivity contribution is -0.136. The minimum Gasteiger partial charge on any atom is -0.486 e. The molecule has 0 saturated carbocycles. The van der Waals surface area contributed by atoms with Crippen LogP contribution in [-0.4, -0.2) is 30.9 Å². The van der Waals surface area contributed by atoms with Gasteiger partial charge in [-0.25, -0.2) is 4.79 Å². The lowest BCUT2D eigenvalue weighted by Crippen LogP contribution is -2.22. The lowest BCUT2D eigenvalue weighted by atomic mass is 10.0. The van der Waals surface area contributed by atoms with Gasteiger partial charge in [0.15, 0.2) is 0 Å². The van der Waals surface area contributed by atoms with Gasteiger partial charge in [0.25, 0.3) is 0 Å².